The summed E-state index contributed by atoms with van der Waals surface area (Å²) in [6.07, 6.45) is 0.847. The van der Waals surface area contributed by atoms with Crippen LogP contribution in [-0.2, 0) is 21.9 Å². The summed E-state index contributed by atoms with van der Waals surface area (Å²) in [5.74, 6) is -0.207. The fourth-order valence-electron chi connectivity index (χ4n) is 5.28. The zero-order valence-corrected chi connectivity index (χ0v) is 29.7. The zero-order chi connectivity index (χ0) is 34.5. The van der Waals surface area contributed by atoms with E-state index < -0.39 is 17.7 Å². The van der Waals surface area contributed by atoms with Gasteiger partial charge in [-0.25, -0.2) is 0 Å². The second kappa shape index (κ2) is 15.5. The Kier molecular flexibility index (Phi) is 10.9. The van der Waals surface area contributed by atoms with Crippen LogP contribution in [-0.4, -0.2) is 33.6 Å². The molecule has 1 unspecified atom stereocenters. The standard InChI is InChI=1S/C37H31Cl2N3O5S2/c1-3-17-46-28-13-8-24(9-14-28)32-31(33(43)25-10-15-29(16-11-25)47-20-23-6-4-5-22(2)18-23)34(44)35(45)42(32)36-40-41-37(49-36)48-21-26-7-12-27(38)19-30(26)39/h4-16,18-19,32,43H,3,17,20-21H2,1-2H3/b33-31+. The number of thioether (sulfide) groups is 1. The first-order valence-electron chi connectivity index (χ1n) is 15.4. The fraction of sp³-hybridized carbons (Fsp3) is 0.189. The minimum atomic E-state index is -0.964. The number of aromatic nitrogens is 2. The van der Waals surface area contributed by atoms with Crippen LogP contribution < -0.4 is 14.4 Å². The van der Waals surface area contributed by atoms with Gasteiger partial charge in [-0.1, -0.05) is 101 Å². The Morgan fingerprint density at radius 3 is 2.39 bits per heavy atom. The highest BCUT2D eigenvalue weighted by Crippen LogP contribution is 2.44. The lowest BCUT2D eigenvalue weighted by Crippen LogP contribution is -2.29. The molecular weight excluding hydrogens is 701 g/mol. The molecule has 1 saturated heterocycles. The van der Waals surface area contributed by atoms with E-state index in [1.807, 2.05) is 38.1 Å². The smallest absolute Gasteiger partial charge is 0.301 e. The number of carbonyl (C=O) groups excluding carboxylic acids is 2. The van der Waals surface area contributed by atoms with Crippen LogP contribution in [0.1, 0.15) is 47.2 Å². The van der Waals surface area contributed by atoms with Crippen molar-refractivity contribution in [1.29, 1.82) is 0 Å². The molecule has 49 heavy (non-hydrogen) atoms. The molecule has 1 fully saturated rings. The van der Waals surface area contributed by atoms with Crippen molar-refractivity contribution in [3.63, 3.8) is 0 Å². The number of benzene rings is 4. The predicted molar refractivity (Wildman–Crippen MR) is 195 cm³/mol. The lowest BCUT2D eigenvalue weighted by molar-refractivity contribution is -0.132. The molecule has 1 amide bonds. The van der Waals surface area contributed by atoms with Crippen molar-refractivity contribution >= 4 is 68.9 Å². The van der Waals surface area contributed by atoms with Crippen LogP contribution in [0.4, 0.5) is 5.13 Å². The number of carbonyl (C=O) groups is 2. The average Bonchev–Trinajstić information content (AvgIpc) is 3.67. The number of Topliss-reactive ketones (excluding diaryl/α,β-unsaturated/α-hetero) is 1. The molecule has 1 atom stereocenters. The first kappa shape index (κ1) is 34.5. The first-order chi connectivity index (χ1) is 23.7. The van der Waals surface area contributed by atoms with Crippen molar-refractivity contribution in [3.05, 3.63) is 134 Å². The summed E-state index contributed by atoms with van der Waals surface area (Å²) >= 11 is 15.0. The number of hydrogen-bond donors (Lipinski definition) is 1. The van der Waals surface area contributed by atoms with E-state index in [1.165, 1.54) is 28.0 Å². The van der Waals surface area contributed by atoms with Crippen LogP contribution >= 0.6 is 46.3 Å². The highest BCUT2D eigenvalue weighted by atomic mass is 35.5. The van der Waals surface area contributed by atoms with Crippen molar-refractivity contribution in [3.8, 4) is 11.5 Å². The number of aryl methyl sites for hydroxylation is 1. The molecule has 1 aromatic heterocycles. The Bertz CT molecular complexity index is 2020. The molecule has 0 saturated carbocycles. The second-order valence-electron chi connectivity index (χ2n) is 11.3. The molecule has 4 aromatic carbocycles. The molecule has 6 rings (SSSR count). The SMILES string of the molecule is CCCOc1ccc(C2/C(=C(\O)c3ccc(OCc4cccc(C)c4)cc3)C(=O)C(=O)N2c2nnc(SCc3ccc(Cl)cc3Cl)s2)cc1. The monoisotopic (exact) mass is 731 g/mol. The van der Waals surface area contributed by atoms with Crippen molar-refractivity contribution in [2.24, 2.45) is 0 Å². The summed E-state index contributed by atoms with van der Waals surface area (Å²) in [6, 6.07) is 26.2. The maximum Gasteiger partial charge on any atom is 0.301 e. The third kappa shape index (κ3) is 7.94. The van der Waals surface area contributed by atoms with E-state index in [0.29, 0.717) is 56.0 Å². The molecule has 0 spiro atoms. The predicted octanol–water partition coefficient (Wildman–Crippen LogP) is 9.44. The third-order valence-electron chi connectivity index (χ3n) is 7.70. The lowest BCUT2D eigenvalue weighted by atomic mass is 9.95. The van der Waals surface area contributed by atoms with Gasteiger partial charge in [0.2, 0.25) is 5.13 Å². The summed E-state index contributed by atoms with van der Waals surface area (Å²) < 4.78 is 12.3. The molecule has 2 heterocycles. The number of aliphatic hydroxyl groups excluding tert-OH is 1. The molecule has 0 aliphatic carbocycles. The van der Waals surface area contributed by atoms with Gasteiger partial charge in [-0.2, -0.15) is 0 Å². The number of ether oxygens (including phenoxy) is 2. The van der Waals surface area contributed by atoms with Crippen molar-refractivity contribution in [2.75, 3.05) is 11.5 Å². The molecule has 1 aliphatic rings. The summed E-state index contributed by atoms with van der Waals surface area (Å²) in [5, 5.41) is 21.5. The molecule has 5 aromatic rings. The van der Waals surface area contributed by atoms with Gasteiger partial charge in [-0.3, -0.25) is 14.5 Å². The molecule has 1 aliphatic heterocycles. The molecule has 12 heteroatoms. The fourth-order valence-corrected chi connectivity index (χ4v) is 7.71. The number of hydrogen-bond acceptors (Lipinski definition) is 9. The van der Waals surface area contributed by atoms with Gasteiger partial charge >= 0.3 is 5.91 Å². The van der Waals surface area contributed by atoms with Crippen LogP contribution in [0, 0.1) is 6.92 Å². The third-order valence-corrected chi connectivity index (χ3v) is 10.4. The molecule has 250 valence electrons. The Balaban J connectivity index is 1.30. The average molecular weight is 733 g/mol. The van der Waals surface area contributed by atoms with Gasteiger partial charge in [0.25, 0.3) is 5.78 Å². The van der Waals surface area contributed by atoms with Crippen molar-refractivity contribution < 1.29 is 24.2 Å². The zero-order valence-electron chi connectivity index (χ0n) is 26.6. The van der Waals surface area contributed by atoms with E-state index in [1.54, 1.807) is 60.7 Å². The minimum absolute atomic E-state index is 0.0574. The summed E-state index contributed by atoms with van der Waals surface area (Å²) in [4.78, 5) is 28.7. The number of anilines is 1. The Morgan fingerprint density at radius 1 is 0.939 bits per heavy atom. The Hall–Kier alpha value is -4.35. The lowest BCUT2D eigenvalue weighted by Gasteiger charge is -2.22. The van der Waals surface area contributed by atoms with Crippen LogP contribution in [0.25, 0.3) is 5.76 Å². The van der Waals surface area contributed by atoms with Gasteiger partial charge in [0.05, 0.1) is 18.2 Å². The topological polar surface area (TPSA) is 102 Å². The van der Waals surface area contributed by atoms with E-state index >= 15 is 0 Å². The number of aliphatic hydroxyl groups is 1. The van der Waals surface area contributed by atoms with E-state index in [0.717, 1.165) is 23.1 Å². The number of amides is 1. The molecule has 0 radical (unpaired) electrons. The van der Waals surface area contributed by atoms with Crippen molar-refractivity contribution in [2.45, 2.75) is 43.0 Å². The number of rotatable bonds is 12. The normalized spacial score (nSPS) is 15.5. The number of nitrogens with zero attached hydrogens (tertiary/aromatic N) is 3. The highest BCUT2D eigenvalue weighted by Gasteiger charge is 2.48. The van der Waals surface area contributed by atoms with Crippen molar-refractivity contribution in [1.82, 2.24) is 10.2 Å². The summed E-state index contributed by atoms with van der Waals surface area (Å²) in [7, 11) is 0. The Morgan fingerprint density at radius 2 is 1.67 bits per heavy atom. The minimum Gasteiger partial charge on any atom is -0.507 e. The van der Waals surface area contributed by atoms with Crippen LogP contribution in [0.15, 0.2) is 101 Å². The van der Waals surface area contributed by atoms with Gasteiger partial charge in [0.1, 0.15) is 23.9 Å². The molecule has 0 bridgehead atoms. The van der Waals surface area contributed by atoms with E-state index in [4.69, 9.17) is 32.7 Å². The second-order valence-corrected chi connectivity index (χ2v) is 14.3. The van der Waals surface area contributed by atoms with Gasteiger partial charge in [0, 0.05) is 21.4 Å². The van der Waals surface area contributed by atoms with Gasteiger partial charge in [0.15, 0.2) is 4.34 Å². The molecule has 1 N–H and O–H groups in total. The van der Waals surface area contributed by atoms with Crippen LogP contribution in [0.2, 0.25) is 10.0 Å². The van der Waals surface area contributed by atoms with Crippen LogP contribution in [0.5, 0.6) is 11.5 Å². The number of ketones is 1. The maximum absolute atomic E-state index is 13.7. The Labute approximate surface area is 302 Å². The molecule has 8 nitrogen and oxygen atoms in total. The number of halogens is 2. The maximum atomic E-state index is 13.7. The quantitative estimate of drug-likeness (QED) is 0.0445. The summed E-state index contributed by atoms with van der Waals surface area (Å²) in [6.45, 7) is 4.97. The van der Waals surface area contributed by atoms with Crippen LogP contribution in [0.3, 0.4) is 0 Å². The highest BCUT2D eigenvalue weighted by molar-refractivity contribution is 8.00. The van der Waals surface area contributed by atoms with Gasteiger partial charge in [-0.15, -0.1) is 10.2 Å². The van der Waals surface area contributed by atoms with E-state index in [9.17, 15) is 14.7 Å². The van der Waals surface area contributed by atoms with E-state index in [-0.39, 0.29) is 16.5 Å². The van der Waals surface area contributed by atoms with Gasteiger partial charge in [-0.05, 0) is 78.6 Å². The van der Waals surface area contributed by atoms with Gasteiger partial charge < -0.3 is 14.6 Å². The van der Waals surface area contributed by atoms with E-state index in [2.05, 4.69) is 16.3 Å². The molecular formula is C37H31Cl2N3O5S2. The summed E-state index contributed by atoms with van der Waals surface area (Å²) in [5.41, 5.74) is 3.94. The first-order valence-corrected chi connectivity index (χ1v) is 18.0. The largest absolute Gasteiger partial charge is 0.507 e.